The third-order valence-electron chi connectivity index (χ3n) is 4.81. The zero-order valence-electron chi connectivity index (χ0n) is 13.4. The molecule has 1 aliphatic heterocycles. The molecule has 0 bridgehead atoms. The fraction of sp³-hybridized carbons (Fsp3) is 0.588. The van der Waals surface area contributed by atoms with Crippen LogP contribution in [0.4, 0.5) is 0 Å². The van der Waals surface area contributed by atoms with Gasteiger partial charge in [-0.15, -0.1) is 11.3 Å². The third-order valence-corrected chi connectivity index (χ3v) is 6.98. The van der Waals surface area contributed by atoms with Crippen molar-refractivity contribution in [2.24, 2.45) is 5.92 Å². The summed E-state index contributed by atoms with van der Waals surface area (Å²) in [6.45, 7) is 4.05. The topological polar surface area (TPSA) is 46.1 Å². The van der Waals surface area contributed by atoms with E-state index in [-0.39, 0.29) is 5.91 Å². The van der Waals surface area contributed by atoms with Gasteiger partial charge in [0.05, 0.1) is 5.75 Å². The number of amides is 1. The van der Waals surface area contributed by atoms with Gasteiger partial charge in [0, 0.05) is 23.4 Å². The number of fused-ring (bicyclic) bond motifs is 3. The summed E-state index contributed by atoms with van der Waals surface area (Å²) in [6, 6.07) is 0. The molecule has 0 saturated carbocycles. The molecule has 1 saturated heterocycles. The number of carbonyl (C=O) groups is 1. The zero-order valence-corrected chi connectivity index (χ0v) is 15.0. The maximum absolute atomic E-state index is 12.5. The smallest absolute Gasteiger partial charge is 0.232 e. The number of aromatic nitrogens is 2. The first-order chi connectivity index (χ1) is 11.2. The average molecular weight is 348 g/mol. The molecule has 0 unspecified atom stereocenters. The molecule has 3 heterocycles. The molecule has 23 heavy (non-hydrogen) atoms. The second kappa shape index (κ2) is 6.40. The van der Waals surface area contributed by atoms with Crippen molar-refractivity contribution in [1.29, 1.82) is 0 Å². The Morgan fingerprint density at radius 1 is 1.39 bits per heavy atom. The largest absolute Gasteiger partial charge is 0.342 e. The number of hydrogen-bond donors (Lipinski definition) is 0. The van der Waals surface area contributed by atoms with E-state index in [1.54, 1.807) is 29.4 Å². The molecule has 1 fully saturated rings. The van der Waals surface area contributed by atoms with Gasteiger partial charge in [-0.3, -0.25) is 4.79 Å². The summed E-state index contributed by atoms with van der Waals surface area (Å²) >= 11 is 3.39. The van der Waals surface area contributed by atoms with Gasteiger partial charge in [0.2, 0.25) is 5.91 Å². The van der Waals surface area contributed by atoms with Crippen molar-refractivity contribution in [3.05, 3.63) is 16.8 Å². The minimum atomic E-state index is 0.250. The van der Waals surface area contributed by atoms with Crippen molar-refractivity contribution in [3.8, 4) is 0 Å². The Morgan fingerprint density at radius 2 is 2.30 bits per heavy atom. The predicted octanol–water partition coefficient (Wildman–Crippen LogP) is 3.53. The monoisotopic (exact) mass is 347 g/mol. The number of aryl methyl sites for hydroxylation is 2. The summed E-state index contributed by atoms with van der Waals surface area (Å²) in [5, 5.41) is 2.21. The Balaban J connectivity index is 1.51. The van der Waals surface area contributed by atoms with Crippen molar-refractivity contribution in [2.45, 2.75) is 44.1 Å². The van der Waals surface area contributed by atoms with Gasteiger partial charge >= 0.3 is 0 Å². The Kier molecular flexibility index (Phi) is 4.28. The lowest BCUT2D eigenvalue weighted by atomic mass is 10.0. The molecular formula is C17H21N3OS2. The minimum absolute atomic E-state index is 0.250. The van der Waals surface area contributed by atoms with Crippen LogP contribution >= 0.6 is 23.1 Å². The van der Waals surface area contributed by atoms with Crippen LogP contribution in [0.3, 0.4) is 0 Å². The quantitative estimate of drug-likeness (QED) is 0.629. The lowest BCUT2D eigenvalue weighted by molar-refractivity contribution is -0.130. The Bertz CT molecular complexity index is 743. The van der Waals surface area contributed by atoms with Crippen molar-refractivity contribution in [2.75, 3.05) is 18.8 Å². The van der Waals surface area contributed by atoms with Gasteiger partial charge in [0.25, 0.3) is 0 Å². The van der Waals surface area contributed by atoms with Crippen molar-refractivity contribution in [1.82, 2.24) is 14.9 Å². The van der Waals surface area contributed by atoms with E-state index in [9.17, 15) is 4.79 Å². The highest BCUT2D eigenvalue weighted by atomic mass is 32.2. The van der Waals surface area contributed by atoms with E-state index < -0.39 is 0 Å². The molecule has 1 amide bonds. The maximum atomic E-state index is 12.5. The van der Waals surface area contributed by atoms with Crippen LogP contribution in [0.15, 0.2) is 11.4 Å². The van der Waals surface area contributed by atoms with Crippen LogP contribution < -0.4 is 0 Å². The number of piperidine rings is 1. The molecule has 0 N–H and O–H groups in total. The molecule has 2 aromatic rings. The molecule has 2 aromatic heterocycles. The number of nitrogens with zero attached hydrogens (tertiary/aromatic N) is 3. The molecule has 1 aliphatic carbocycles. The first-order valence-corrected chi connectivity index (χ1v) is 10.2. The first kappa shape index (κ1) is 15.4. The molecule has 4 rings (SSSR count). The number of likely N-dealkylation sites (tertiary alicyclic amines) is 1. The maximum Gasteiger partial charge on any atom is 0.232 e. The molecular weight excluding hydrogens is 326 g/mol. The van der Waals surface area contributed by atoms with E-state index >= 15 is 0 Å². The lowest BCUT2D eigenvalue weighted by Gasteiger charge is -2.30. The summed E-state index contributed by atoms with van der Waals surface area (Å²) < 4.78 is 0. The Morgan fingerprint density at radius 3 is 3.17 bits per heavy atom. The van der Waals surface area contributed by atoms with Crippen LogP contribution in [0, 0.1) is 5.92 Å². The van der Waals surface area contributed by atoms with Crippen LogP contribution in [0.1, 0.15) is 36.6 Å². The number of thiophene rings is 1. The van der Waals surface area contributed by atoms with Gasteiger partial charge in [-0.1, -0.05) is 18.7 Å². The van der Waals surface area contributed by atoms with Gasteiger partial charge in [-0.05, 0) is 43.6 Å². The van der Waals surface area contributed by atoms with E-state index in [4.69, 9.17) is 0 Å². The number of thioether (sulfide) groups is 1. The van der Waals surface area contributed by atoms with Crippen molar-refractivity contribution < 1.29 is 4.79 Å². The summed E-state index contributed by atoms with van der Waals surface area (Å²) in [4.78, 5) is 26.0. The van der Waals surface area contributed by atoms with E-state index in [1.165, 1.54) is 35.1 Å². The molecule has 122 valence electrons. The number of hydrogen-bond acceptors (Lipinski definition) is 5. The summed E-state index contributed by atoms with van der Waals surface area (Å²) in [5.41, 5.74) is 1.44. The SMILES string of the molecule is C[C@@H]1CCCN(C(=O)CSc2ncnc3sc4c(c23)CCC4)C1. The third kappa shape index (κ3) is 2.98. The lowest BCUT2D eigenvalue weighted by Crippen LogP contribution is -2.40. The van der Waals surface area contributed by atoms with Gasteiger partial charge in [0.15, 0.2) is 0 Å². The molecule has 2 aliphatic rings. The van der Waals surface area contributed by atoms with E-state index in [2.05, 4.69) is 16.9 Å². The van der Waals surface area contributed by atoms with Crippen molar-refractivity contribution >= 4 is 39.2 Å². The fourth-order valence-corrected chi connectivity index (χ4v) is 5.87. The van der Waals surface area contributed by atoms with Crippen molar-refractivity contribution in [3.63, 3.8) is 0 Å². The van der Waals surface area contributed by atoms with Gasteiger partial charge in [-0.2, -0.15) is 0 Å². The molecule has 0 radical (unpaired) electrons. The fourth-order valence-electron chi connectivity index (χ4n) is 3.65. The molecule has 0 spiro atoms. The Hall–Kier alpha value is -1.14. The number of rotatable bonds is 3. The van der Waals surface area contributed by atoms with Crippen LogP contribution in [0.2, 0.25) is 0 Å². The van der Waals surface area contributed by atoms with Gasteiger partial charge in [-0.25, -0.2) is 9.97 Å². The standard InChI is InChI=1S/C17H21N3OS2/c1-11-4-3-7-20(8-11)14(21)9-22-16-15-12-5-2-6-13(12)23-17(15)19-10-18-16/h10-11H,2-9H2,1H3/t11-/m1/s1. The average Bonchev–Trinajstić information content (AvgIpc) is 3.13. The molecule has 0 aromatic carbocycles. The molecule has 1 atom stereocenters. The van der Waals surface area contributed by atoms with Gasteiger partial charge < -0.3 is 4.90 Å². The van der Waals surface area contributed by atoms with E-state index in [0.717, 1.165) is 35.8 Å². The zero-order chi connectivity index (χ0) is 15.8. The van der Waals surface area contributed by atoms with Crippen LogP contribution in [-0.4, -0.2) is 39.6 Å². The van der Waals surface area contributed by atoms with Crippen LogP contribution in [0.25, 0.3) is 10.2 Å². The van der Waals surface area contributed by atoms with Gasteiger partial charge in [0.1, 0.15) is 16.2 Å². The Labute approximate surface area is 144 Å². The second-order valence-corrected chi connectivity index (χ2v) is 8.64. The summed E-state index contributed by atoms with van der Waals surface area (Å²) in [6.07, 6.45) is 7.56. The minimum Gasteiger partial charge on any atom is -0.342 e. The van der Waals surface area contributed by atoms with E-state index in [0.29, 0.717) is 11.7 Å². The first-order valence-electron chi connectivity index (χ1n) is 8.38. The van der Waals surface area contributed by atoms with Crippen LogP contribution in [-0.2, 0) is 17.6 Å². The number of carbonyl (C=O) groups excluding carboxylic acids is 1. The highest BCUT2D eigenvalue weighted by Crippen LogP contribution is 2.40. The predicted molar refractivity (Wildman–Crippen MR) is 95.1 cm³/mol. The van der Waals surface area contributed by atoms with Crippen LogP contribution in [0.5, 0.6) is 0 Å². The normalized spacial score (nSPS) is 20.9. The summed E-state index contributed by atoms with van der Waals surface area (Å²) in [5.74, 6) is 1.37. The second-order valence-electron chi connectivity index (χ2n) is 6.59. The molecule has 6 heteroatoms. The van der Waals surface area contributed by atoms with E-state index in [1.807, 2.05) is 4.90 Å². The highest BCUT2D eigenvalue weighted by molar-refractivity contribution is 8.00. The molecule has 4 nitrogen and oxygen atoms in total. The summed E-state index contributed by atoms with van der Waals surface area (Å²) in [7, 11) is 0. The highest BCUT2D eigenvalue weighted by Gasteiger charge is 2.24.